The van der Waals surface area contributed by atoms with Gasteiger partial charge in [-0.05, 0) is 36.8 Å². The molecule has 1 aliphatic rings. The van der Waals surface area contributed by atoms with Crippen LogP contribution in [0.15, 0.2) is 29.6 Å². The minimum Gasteiger partial charge on any atom is -0.334 e. The number of nitrogens with two attached hydrogens (primary N) is 1. The summed E-state index contributed by atoms with van der Waals surface area (Å²) in [7, 11) is 0. The van der Waals surface area contributed by atoms with Gasteiger partial charge in [-0.3, -0.25) is 4.79 Å². The van der Waals surface area contributed by atoms with E-state index < -0.39 is 0 Å². The van der Waals surface area contributed by atoms with Crippen LogP contribution in [0.1, 0.15) is 46.4 Å². The van der Waals surface area contributed by atoms with Crippen molar-refractivity contribution in [2.24, 2.45) is 5.73 Å². The fraction of sp³-hybridized carbons (Fsp3) is 0.444. The van der Waals surface area contributed by atoms with Gasteiger partial charge in [-0.25, -0.2) is 4.98 Å². The summed E-state index contributed by atoms with van der Waals surface area (Å²) in [6.07, 6.45) is 3.96. The zero-order chi connectivity index (χ0) is 16.2. The second kappa shape index (κ2) is 7.23. The Morgan fingerprint density at radius 2 is 2.17 bits per heavy atom. The fourth-order valence-electron chi connectivity index (χ4n) is 3.29. The lowest BCUT2D eigenvalue weighted by Gasteiger charge is -2.35. The maximum absolute atomic E-state index is 12.9. The van der Waals surface area contributed by atoms with Gasteiger partial charge >= 0.3 is 0 Å². The van der Waals surface area contributed by atoms with Crippen molar-refractivity contribution in [1.82, 2.24) is 9.88 Å². The van der Waals surface area contributed by atoms with E-state index in [1.54, 1.807) is 0 Å². The number of benzene rings is 1. The minimum absolute atomic E-state index is 0.0483. The maximum Gasteiger partial charge on any atom is 0.273 e. The van der Waals surface area contributed by atoms with Crippen LogP contribution in [0.5, 0.6) is 0 Å². The summed E-state index contributed by atoms with van der Waals surface area (Å²) in [6.45, 7) is 3.28. The molecule has 1 aliphatic carbocycles. The van der Waals surface area contributed by atoms with Crippen molar-refractivity contribution in [3.05, 3.63) is 51.5 Å². The molecule has 3 rings (SSSR count). The maximum atomic E-state index is 12.9. The molecule has 4 nitrogen and oxygen atoms in total. The minimum atomic E-state index is 0.0483. The molecule has 2 N–H and O–H groups in total. The van der Waals surface area contributed by atoms with E-state index in [4.69, 9.17) is 5.73 Å². The van der Waals surface area contributed by atoms with E-state index in [9.17, 15) is 4.79 Å². The Balaban J connectivity index is 1.80. The molecule has 1 heterocycles. The molecule has 0 saturated carbocycles. The molecule has 0 aliphatic heterocycles. The molecule has 122 valence electrons. The molecule has 1 aromatic heterocycles. The van der Waals surface area contributed by atoms with Crippen LogP contribution in [0.4, 0.5) is 0 Å². The Morgan fingerprint density at radius 1 is 1.39 bits per heavy atom. The van der Waals surface area contributed by atoms with Gasteiger partial charge in [0, 0.05) is 24.5 Å². The smallest absolute Gasteiger partial charge is 0.273 e. The summed E-state index contributed by atoms with van der Waals surface area (Å²) in [5.74, 6) is 0.0483. The van der Waals surface area contributed by atoms with E-state index in [0.29, 0.717) is 12.2 Å². The van der Waals surface area contributed by atoms with Crippen LogP contribution >= 0.6 is 11.3 Å². The van der Waals surface area contributed by atoms with E-state index in [0.717, 1.165) is 37.2 Å². The number of hydrogen-bond acceptors (Lipinski definition) is 4. The third-order valence-electron chi connectivity index (χ3n) is 4.43. The number of carbonyl (C=O) groups is 1. The van der Waals surface area contributed by atoms with Gasteiger partial charge in [0.1, 0.15) is 10.7 Å². The lowest BCUT2D eigenvalue weighted by Crippen LogP contribution is -2.44. The number of fused-ring (bicyclic) bond motifs is 1. The second-order valence-corrected chi connectivity index (χ2v) is 6.94. The van der Waals surface area contributed by atoms with Crippen LogP contribution in [0.3, 0.4) is 0 Å². The largest absolute Gasteiger partial charge is 0.334 e. The molecule has 2 aromatic rings. The van der Waals surface area contributed by atoms with Gasteiger partial charge in [0.25, 0.3) is 5.91 Å². The zero-order valence-electron chi connectivity index (χ0n) is 13.5. The van der Waals surface area contributed by atoms with Crippen molar-refractivity contribution in [2.45, 2.75) is 45.2 Å². The number of nitrogens with zero attached hydrogens (tertiary/aromatic N) is 2. The first kappa shape index (κ1) is 16.1. The van der Waals surface area contributed by atoms with Crippen LogP contribution in [0.2, 0.25) is 0 Å². The quantitative estimate of drug-likeness (QED) is 0.917. The molecule has 0 bridgehead atoms. The highest BCUT2D eigenvalue weighted by molar-refractivity contribution is 7.09. The number of hydrogen-bond donors (Lipinski definition) is 1. The summed E-state index contributed by atoms with van der Waals surface area (Å²) >= 11 is 1.46. The van der Waals surface area contributed by atoms with Gasteiger partial charge in [-0.2, -0.15) is 0 Å². The molecule has 0 spiro atoms. The first-order valence-corrected chi connectivity index (χ1v) is 9.13. The molecule has 1 amide bonds. The molecular weight excluding hydrogens is 306 g/mol. The van der Waals surface area contributed by atoms with Gasteiger partial charge in [0.2, 0.25) is 0 Å². The number of thiazole rings is 1. The normalized spacial score (nSPS) is 16.9. The molecule has 1 aromatic carbocycles. The van der Waals surface area contributed by atoms with E-state index in [1.165, 1.54) is 22.5 Å². The number of aryl methyl sites for hydroxylation is 1. The number of rotatable bonds is 5. The third kappa shape index (κ3) is 3.46. The monoisotopic (exact) mass is 329 g/mol. The topological polar surface area (TPSA) is 59.2 Å². The molecule has 1 unspecified atom stereocenters. The van der Waals surface area contributed by atoms with Gasteiger partial charge in [-0.1, -0.05) is 31.2 Å². The molecular formula is C18H23N3OS. The van der Waals surface area contributed by atoms with E-state index in [2.05, 4.69) is 36.2 Å². The molecule has 1 atom stereocenters. The van der Waals surface area contributed by atoms with Gasteiger partial charge in [0.05, 0.1) is 0 Å². The summed E-state index contributed by atoms with van der Waals surface area (Å²) in [6, 6.07) is 8.83. The summed E-state index contributed by atoms with van der Waals surface area (Å²) in [5, 5.41) is 2.66. The Bertz CT molecular complexity index is 682. The number of aromatic nitrogens is 1. The van der Waals surface area contributed by atoms with Crippen LogP contribution in [0, 0.1) is 0 Å². The second-order valence-electron chi connectivity index (χ2n) is 5.99. The summed E-state index contributed by atoms with van der Waals surface area (Å²) in [4.78, 5) is 19.3. The lowest BCUT2D eigenvalue weighted by atomic mass is 9.87. The Hall–Kier alpha value is -1.72. The van der Waals surface area contributed by atoms with Crippen molar-refractivity contribution < 1.29 is 4.79 Å². The van der Waals surface area contributed by atoms with Crippen LogP contribution < -0.4 is 5.73 Å². The van der Waals surface area contributed by atoms with Crippen LogP contribution in [-0.4, -0.2) is 28.4 Å². The summed E-state index contributed by atoms with van der Waals surface area (Å²) in [5.41, 5.74) is 8.96. The molecule has 0 saturated heterocycles. The van der Waals surface area contributed by atoms with Crippen molar-refractivity contribution in [1.29, 1.82) is 0 Å². The average Bonchev–Trinajstić information content (AvgIpc) is 3.08. The lowest BCUT2D eigenvalue weighted by molar-refractivity contribution is 0.0656. The van der Waals surface area contributed by atoms with Gasteiger partial charge in [-0.15, -0.1) is 11.3 Å². The average molecular weight is 329 g/mol. The first-order valence-electron chi connectivity index (χ1n) is 8.25. The van der Waals surface area contributed by atoms with Crippen LogP contribution in [-0.2, 0) is 19.4 Å². The highest BCUT2D eigenvalue weighted by Gasteiger charge is 2.28. The van der Waals surface area contributed by atoms with Crippen LogP contribution in [0.25, 0.3) is 0 Å². The standard InChI is InChI=1S/C18H23N3OS/c1-2-9-21(18(22)16-12-23-17(11-19)20-16)15-8-7-13-5-3-4-6-14(13)10-15/h3-6,12,15H,2,7-11,19H2,1H3. The molecule has 23 heavy (non-hydrogen) atoms. The summed E-state index contributed by atoms with van der Waals surface area (Å²) < 4.78 is 0. The highest BCUT2D eigenvalue weighted by Crippen LogP contribution is 2.26. The molecule has 5 heteroatoms. The number of amides is 1. The molecule has 0 radical (unpaired) electrons. The van der Waals surface area contributed by atoms with Crippen molar-refractivity contribution in [3.8, 4) is 0 Å². The fourth-order valence-corrected chi connectivity index (χ4v) is 3.93. The van der Waals surface area contributed by atoms with Gasteiger partial charge in [0.15, 0.2) is 0 Å². The SMILES string of the molecule is CCCN(C(=O)c1csc(CN)n1)C1CCc2ccccc2C1. The van der Waals surface area contributed by atoms with E-state index >= 15 is 0 Å². The zero-order valence-corrected chi connectivity index (χ0v) is 14.3. The number of carbonyl (C=O) groups excluding carboxylic acids is 1. The van der Waals surface area contributed by atoms with Gasteiger partial charge < -0.3 is 10.6 Å². The first-order chi connectivity index (χ1) is 11.2. The van der Waals surface area contributed by atoms with Crippen molar-refractivity contribution >= 4 is 17.2 Å². The Labute approximate surface area is 141 Å². The highest BCUT2D eigenvalue weighted by atomic mass is 32.1. The predicted molar refractivity (Wildman–Crippen MR) is 93.6 cm³/mol. The Morgan fingerprint density at radius 3 is 2.87 bits per heavy atom. The van der Waals surface area contributed by atoms with Crippen molar-refractivity contribution in [3.63, 3.8) is 0 Å². The van der Waals surface area contributed by atoms with Crippen molar-refractivity contribution in [2.75, 3.05) is 6.54 Å². The van der Waals surface area contributed by atoms with E-state index in [1.807, 2.05) is 10.3 Å². The Kier molecular flexibility index (Phi) is 5.08. The predicted octanol–water partition coefficient (Wildman–Crippen LogP) is 3.01. The third-order valence-corrected chi connectivity index (χ3v) is 5.30. The molecule has 0 fully saturated rings. The van der Waals surface area contributed by atoms with E-state index in [-0.39, 0.29) is 11.9 Å².